The van der Waals surface area contributed by atoms with E-state index < -0.39 is 5.91 Å². The first-order chi connectivity index (χ1) is 12.2. The number of carbonyl (C=O) groups excluding carboxylic acids is 1. The van der Waals surface area contributed by atoms with Gasteiger partial charge in [-0.05, 0) is 47.6 Å². The first-order valence-electron chi connectivity index (χ1n) is 8.73. The summed E-state index contributed by atoms with van der Waals surface area (Å²) in [5.41, 5.74) is 5.37. The Morgan fingerprint density at radius 3 is 2.42 bits per heavy atom. The van der Waals surface area contributed by atoms with Crippen LogP contribution in [0.5, 0.6) is 5.75 Å². The fourth-order valence-electron chi connectivity index (χ4n) is 2.58. The van der Waals surface area contributed by atoms with Gasteiger partial charge in [-0.25, -0.2) is 5.43 Å². The van der Waals surface area contributed by atoms with E-state index in [-0.39, 0.29) is 23.1 Å². The van der Waals surface area contributed by atoms with Crippen molar-refractivity contribution < 1.29 is 9.90 Å². The minimum atomic E-state index is -0.416. The van der Waals surface area contributed by atoms with Crippen LogP contribution in [0.2, 0.25) is 4.34 Å². The maximum atomic E-state index is 12.7. The number of phenols is 1. The number of hydrogen-bond acceptors (Lipinski definition) is 4. The zero-order chi connectivity index (χ0) is 19.4. The first kappa shape index (κ1) is 20.5. The van der Waals surface area contributed by atoms with Gasteiger partial charge in [-0.2, -0.15) is 5.10 Å². The van der Waals surface area contributed by atoms with Gasteiger partial charge in [0.15, 0.2) is 0 Å². The van der Waals surface area contributed by atoms with Gasteiger partial charge in [-0.1, -0.05) is 52.3 Å². The summed E-state index contributed by atoms with van der Waals surface area (Å²) in [6.07, 6.45) is 0.659. The molecule has 2 rings (SSSR count). The van der Waals surface area contributed by atoms with Crippen molar-refractivity contribution in [3.05, 3.63) is 50.2 Å². The maximum absolute atomic E-state index is 12.7. The highest BCUT2D eigenvalue weighted by molar-refractivity contribution is 7.18. The van der Waals surface area contributed by atoms with Crippen LogP contribution in [0, 0.1) is 0 Å². The molecule has 0 aliphatic rings. The molecule has 0 saturated carbocycles. The molecule has 26 heavy (non-hydrogen) atoms. The third-order valence-electron chi connectivity index (χ3n) is 4.18. The highest BCUT2D eigenvalue weighted by Gasteiger charge is 2.19. The molecule has 1 amide bonds. The van der Waals surface area contributed by atoms with Crippen molar-refractivity contribution in [1.82, 2.24) is 5.43 Å². The molecule has 1 heterocycles. The van der Waals surface area contributed by atoms with Crippen molar-refractivity contribution in [2.45, 2.75) is 52.9 Å². The van der Waals surface area contributed by atoms with E-state index in [1.807, 2.05) is 32.9 Å². The molecule has 0 atom stereocenters. The van der Waals surface area contributed by atoms with E-state index in [0.29, 0.717) is 10.8 Å². The summed E-state index contributed by atoms with van der Waals surface area (Å²) in [6, 6.07) is 7.40. The van der Waals surface area contributed by atoms with E-state index in [2.05, 4.69) is 24.4 Å². The molecule has 0 bridgehead atoms. The van der Waals surface area contributed by atoms with Crippen molar-refractivity contribution in [1.29, 1.82) is 0 Å². The van der Waals surface area contributed by atoms with Gasteiger partial charge in [0.2, 0.25) is 0 Å². The average molecular weight is 393 g/mol. The smallest absolute Gasteiger partial charge is 0.275 e. The Hall–Kier alpha value is -1.85. The predicted octanol–water partition coefficient (Wildman–Crippen LogP) is 5.90. The molecule has 0 unspecified atom stereocenters. The molecule has 140 valence electrons. The van der Waals surface area contributed by atoms with Crippen molar-refractivity contribution in [3.63, 3.8) is 0 Å². The van der Waals surface area contributed by atoms with Gasteiger partial charge in [0.25, 0.3) is 5.91 Å². The van der Waals surface area contributed by atoms with Gasteiger partial charge in [-0.3, -0.25) is 4.79 Å². The molecule has 2 aromatic rings. The second-order valence-corrected chi connectivity index (χ2v) is 8.49. The Bertz CT molecular complexity index is 825. The number of hydrazone groups is 1. The number of benzene rings is 1. The summed E-state index contributed by atoms with van der Waals surface area (Å²) < 4.78 is 0.677. The summed E-state index contributed by atoms with van der Waals surface area (Å²) >= 11 is 7.40. The Labute approximate surface area is 163 Å². The lowest BCUT2D eigenvalue weighted by Gasteiger charge is -2.16. The lowest BCUT2D eigenvalue weighted by molar-refractivity contribution is 0.0952. The van der Waals surface area contributed by atoms with E-state index in [0.717, 1.165) is 21.7 Å². The normalized spacial score (nSPS) is 12.1. The van der Waals surface area contributed by atoms with E-state index in [1.165, 1.54) is 11.3 Å². The first-order valence-corrected chi connectivity index (χ1v) is 9.93. The summed E-state index contributed by atoms with van der Waals surface area (Å²) in [6.45, 7) is 10.1. The largest absolute Gasteiger partial charge is 0.507 e. The van der Waals surface area contributed by atoms with Crippen LogP contribution in [0.4, 0.5) is 0 Å². The summed E-state index contributed by atoms with van der Waals surface area (Å²) in [7, 11) is 0. The van der Waals surface area contributed by atoms with Crippen LogP contribution in [0.15, 0.2) is 29.4 Å². The van der Waals surface area contributed by atoms with Crippen molar-refractivity contribution in [2.24, 2.45) is 5.10 Å². The van der Waals surface area contributed by atoms with Gasteiger partial charge in [0.05, 0.1) is 20.5 Å². The number of carbonyl (C=O) groups is 1. The second-order valence-electron chi connectivity index (χ2n) is 6.77. The summed E-state index contributed by atoms with van der Waals surface area (Å²) in [5.74, 6) is -0.0272. The minimum Gasteiger partial charge on any atom is -0.507 e. The highest BCUT2D eigenvalue weighted by atomic mass is 35.5. The van der Waals surface area contributed by atoms with Crippen molar-refractivity contribution in [2.75, 3.05) is 0 Å². The lowest BCUT2D eigenvalue weighted by atomic mass is 9.92. The van der Waals surface area contributed by atoms with E-state index in [1.54, 1.807) is 12.1 Å². The number of phenolic OH excluding ortho intramolecular Hbond substituents is 1. The molecule has 1 aromatic heterocycles. The van der Waals surface area contributed by atoms with E-state index >= 15 is 0 Å². The molecule has 0 radical (unpaired) electrons. The van der Waals surface area contributed by atoms with Crippen LogP contribution in [0.3, 0.4) is 0 Å². The van der Waals surface area contributed by atoms with Crippen LogP contribution in [0.25, 0.3) is 0 Å². The second kappa shape index (κ2) is 8.69. The fraction of sp³-hybridized carbons (Fsp3) is 0.400. The molecule has 6 heteroatoms. The fourth-order valence-corrected chi connectivity index (χ4v) is 3.69. The van der Waals surface area contributed by atoms with E-state index in [4.69, 9.17) is 11.6 Å². The Balaban J connectivity index is 2.35. The number of aromatic hydroxyl groups is 1. The SMILES string of the molecule is CC/C(=N/NC(=O)c1cc(C(C)C)cc(C(C)C)c1O)c1ccc(Cl)s1. The number of hydrogen-bond donors (Lipinski definition) is 2. The monoisotopic (exact) mass is 392 g/mol. The zero-order valence-corrected chi connectivity index (χ0v) is 17.3. The van der Waals surface area contributed by atoms with Crippen LogP contribution >= 0.6 is 22.9 Å². The highest BCUT2D eigenvalue weighted by Crippen LogP contribution is 2.33. The Kier molecular flexibility index (Phi) is 6.84. The molecule has 1 aromatic carbocycles. The number of amides is 1. The quantitative estimate of drug-likeness (QED) is 0.475. The van der Waals surface area contributed by atoms with Crippen LogP contribution in [-0.2, 0) is 0 Å². The average Bonchev–Trinajstić information content (AvgIpc) is 3.01. The summed E-state index contributed by atoms with van der Waals surface area (Å²) in [5, 5.41) is 14.8. The van der Waals surface area contributed by atoms with Gasteiger partial charge in [0.1, 0.15) is 5.75 Å². The number of rotatable bonds is 6. The zero-order valence-electron chi connectivity index (χ0n) is 15.8. The van der Waals surface area contributed by atoms with Gasteiger partial charge < -0.3 is 5.11 Å². The minimum absolute atomic E-state index is 0.0225. The number of thiophene rings is 1. The molecule has 0 aliphatic carbocycles. The molecule has 0 fully saturated rings. The van der Waals surface area contributed by atoms with Gasteiger partial charge >= 0.3 is 0 Å². The van der Waals surface area contributed by atoms with Crippen LogP contribution < -0.4 is 5.43 Å². The summed E-state index contributed by atoms with van der Waals surface area (Å²) in [4.78, 5) is 13.6. The number of nitrogens with one attached hydrogen (secondary N) is 1. The van der Waals surface area contributed by atoms with Crippen LogP contribution in [-0.4, -0.2) is 16.7 Å². The Morgan fingerprint density at radius 1 is 1.23 bits per heavy atom. The van der Waals surface area contributed by atoms with Crippen molar-refractivity contribution >= 4 is 34.6 Å². The molecular weight excluding hydrogens is 368 g/mol. The third-order valence-corrected chi connectivity index (χ3v) is 5.46. The standard InChI is InChI=1S/C20H25ClN2O2S/c1-6-16(17-7-8-18(21)26-17)22-23-20(25)15-10-13(11(2)3)9-14(12(4)5)19(15)24/h7-12,24H,6H2,1-5H3,(H,23,25)/b22-16-. The topological polar surface area (TPSA) is 61.7 Å². The predicted molar refractivity (Wildman–Crippen MR) is 110 cm³/mol. The van der Waals surface area contributed by atoms with Crippen molar-refractivity contribution in [3.8, 4) is 5.75 Å². The van der Waals surface area contributed by atoms with Gasteiger partial charge in [0, 0.05) is 0 Å². The number of halogens is 1. The molecular formula is C20H25ClN2O2S. The van der Waals surface area contributed by atoms with Crippen LogP contribution in [0.1, 0.15) is 79.2 Å². The Morgan fingerprint density at radius 2 is 1.92 bits per heavy atom. The molecule has 0 aliphatic heterocycles. The molecule has 2 N–H and O–H groups in total. The molecule has 0 spiro atoms. The lowest BCUT2D eigenvalue weighted by Crippen LogP contribution is -2.20. The molecule has 0 saturated heterocycles. The molecule has 4 nitrogen and oxygen atoms in total. The maximum Gasteiger partial charge on any atom is 0.275 e. The number of nitrogens with zero attached hydrogens (tertiary/aromatic N) is 1. The van der Waals surface area contributed by atoms with Gasteiger partial charge in [-0.15, -0.1) is 11.3 Å². The third kappa shape index (κ3) is 4.65. The van der Waals surface area contributed by atoms with E-state index in [9.17, 15) is 9.90 Å².